The Bertz CT molecular complexity index is 444. The number of aryl methyl sites for hydroxylation is 1. The summed E-state index contributed by atoms with van der Waals surface area (Å²) < 4.78 is 25.9. The van der Waals surface area contributed by atoms with Crippen LogP contribution in [0.3, 0.4) is 0 Å². The van der Waals surface area contributed by atoms with Gasteiger partial charge >= 0.3 is 0 Å². The molecule has 0 unspecified atom stereocenters. The molecular weight excluding hydrogens is 236 g/mol. The lowest BCUT2D eigenvalue weighted by molar-refractivity contribution is 0.577. The second-order valence-electron chi connectivity index (χ2n) is 4.02. The van der Waals surface area contributed by atoms with Gasteiger partial charge in [0.05, 0.1) is 5.75 Å². The first-order valence-corrected chi connectivity index (χ1v) is 7.37. The third kappa shape index (κ3) is 5.30. The smallest absolute Gasteiger partial charge is 0.211 e. The maximum Gasteiger partial charge on any atom is 0.211 e. The van der Waals surface area contributed by atoms with Gasteiger partial charge in [-0.2, -0.15) is 0 Å². The molecule has 0 heterocycles. The second-order valence-corrected chi connectivity index (χ2v) is 5.95. The Morgan fingerprint density at radius 3 is 2.59 bits per heavy atom. The minimum absolute atomic E-state index is 0.166. The average molecular weight is 256 g/mol. The highest BCUT2D eigenvalue weighted by atomic mass is 32.2. The van der Waals surface area contributed by atoms with Crippen LogP contribution < -0.4 is 10.0 Å². The molecule has 17 heavy (non-hydrogen) atoms. The minimum Gasteiger partial charge on any atom is -0.320 e. The molecule has 0 fully saturated rings. The van der Waals surface area contributed by atoms with Crippen molar-refractivity contribution in [1.29, 1.82) is 0 Å². The van der Waals surface area contributed by atoms with Crippen molar-refractivity contribution >= 4 is 10.0 Å². The summed E-state index contributed by atoms with van der Waals surface area (Å²) in [4.78, 5) is 0. The normalized spacial score (nSPS) is 11.6. The molecule has 0 saturated carbocycles. The largest absolute Gasteiger partial charge is 0.320 e. The monoisotopic (exact) mass is 256 g/mol. The van der Waals surface area contributed by atoms with Crippen molar-refractivity contribution in [2.75, 3.05) is 19.3 Å². The third-order valence-electron chi connectivity index (χ3n) is 2.58. The van der Waals surface area contributed by atoms with E-state index in [1.54, 1.807) is 0 Å². The molecule has 2 N–H and O–H groups in total. The average Bonchev–Trinajstić information content (AvgIpc) is 2.28. The van der Waals surface area contributed by atoms with Gasteiger partial charge < -0.3 is 5.32 Å². The van der Waals surface area contributed by atoms with Crippen LogP contribution >= 0.6 is 0 Å². The quantitative estimate of drug-likeness (QED) is 0.716. The van der Waals surface area contributed by atoms with Crippen molar-refractivity contribution in [2.24, 2.45) is 0 Å². The van der Waals surface area contributed by atoms with Crippen molar-refractivity contribution in [2.45, 2.75) is 19.9 Å². The molecule has 0 bridgehead atoms. The van der Waals surface area contributed by atoms with Crippen LogP contribution in [-0.4, -0.2) is 27.8 Å². The molecule has 0 aliphatic rings. The lowest BCUT2D eigenvalue weighted by atomic mass is 10.1. The Kier molecular flexibility index (Phi) is 5.61. The zero-order valence-electron chi connectivity index (χ0n) is 10.4. The van der Waals surface area contributed by atoms with Gasteiger partial charge in [0.25, 0.3) is 0 Å². The van der Waals surface area contributed by atoms with E-state index < -0.39 is 10.0 Å². The Hall–Kier alpha value is -0.910. The summed E-state index contributed by atoms with van der Waals surface area (Å²) >= 11 is 0. The van der Waals surface area contributed by atoms with Gasteiger partial charge in [-0.3, -0.25) is 0 Å². The van der Waals surface area contributed by atoms with Gasteiger partial charge in [0.15, 0.2) is 0 Å². The van der Waals surface area contributed by atoms with Crippen molar-refractivity contribution in [3.8, 4) is 0 Å². The summed E-state index contributed by atoms with van der Waals surface area (Å²) in [6.07, 6.45) is 0.625. The van der Waals surface area contributed by atoms with Crippen molar-refractivity contribution in [3.05, 3.63) is 35.4 Å². The molecule has 1 aromatic rings. The maximum absolute atomic E-state index is 11.7. The van der Waals surface area contributed by atoms with E-state index in [2.05, 4.69) is 10.0 Å². The van der Waals surface area contributed by atoms with Gasteiger partial charge in [0.2, 0.25) is 10.0 Å². The molecule has 0 saturated heterocycles. The highest BCUT2D eigenvalue weighted by Crippen LogP contribution is 2.06. The van der Waals surface area contributed by atoms with Crippen molar-refractivity contribution < 1.29 is 8.42 Å². The van der Waals surface area contributed by atoms with Crippen LogP contribution in [0.1, 0.15) is 17.5 Å². The molecule has 96 valence electrons. The van der Waals surface area contributed by atoms with Crippen LogP contribution in [-0.2, 0) is 16.6 Å². The van der Waals surface area contributed by atoms with Gasteiger partial charge in [-0.1, -0.05) is 24.3 Å². The summed E-state index contributed by atoms with van der Waals surface area (Å²) in [5, 5.41) is 2.93. The van der Waals surface area contributed by atoms with Crippen LogP contribution in [0.15, 0.2) is 24.3 Å². The lowest BCUT2D eigenvalue weighted by Gasteiger charge is -2.08. The first-order chi connectivity index (χ1) is 8.05. The van der Waals surface area contributed by atoms with Crippen molar-refractivity contribution in [1.82, 2.24) is 10.0 Å². The molecule has 0 radical (unpaired) electrons. The van der Waals surface area contributed by atoms with E-state index in [4.69, 9.17) is 0 Å². The number of hydrogen-bond acceptors (Lipinski definition) is 3. The predicted molar refractivity (Wildman–Crippen MR) is 70.3 cm³/mol. The van der Waals surface area contributed by atoms with Gasteiger partial charge in [-0.15, -0.1) is 0 Å². The van der Waals surface area contributed by atoms with Gasteiger partial charge in [-0.25, -0.2) is 13.1 Å². The Labute approximate surface area is 103 Å². The summed E-state index contributed by atoms with van der Waals surface area (Å²) in [6.45, 7) is 3.06. The Balaban J connectivity index is 2.47. The van der Waals surface area contributed by atoms with E-state index in [0.717, 1.165) is 11.1 Å². The molecule has 1 aromatic carbocycles. The van der Waals surface area contributed by atoms with Gasteiger partial charge in [0.1, 0.15) is 0 Å². The van der Waals surface area contributed by atoms with E-state index in [1.807, 2.05) is 38.2 Å². The molecular formula is C12H20N2O2S. The number of hydrogen-bond donors (Lipinski definition) is 2. The molecule has 1 rings (SSSR count). The van der Waals surface area contributed by atoms with Crippen LogP contribution in [0.5, 0.6) is 0 Å². The second kappa shape index (κ2) is 6.74. The minimum atomic E-state index is -3.16. The fourth-order valence-electron chi connectivity index (χ4n) is 1.51. The highest BCUT2D eigenvalue weighted by Gasteiger charge is 2.09. The van der Waals surface area contributed by atoms with Gasteiger partial charge in [-0.05, 0) is 38.1 Å². The molecule has 0 amide bonds. The molecule has 5 heteroatoms. The summed E-state index contributed by atoms with van der Waals surface area (Å²) in [7, 11) is -1.35. The topological polar surface area (TPSA) is 58.2 Å². The molecule has 0 aliphatic heterocycles. The number of rotatable bonds is 7. The van der Waals surface area contributed by atoms with Crippen LogP contribution in [0, 0.1) is 6.92 Å². The molecule has 0 aromatic heterocycles. The number of benzene rings is 1. The predicted octanol–water partition coefficient (Wildman–Crippen LogP) is 1.02. The Morgan fingerprint density at radius 2 is 1.94 bits per heavy atom. The first-order valence-electron chi connectivity index (χ1n) is 5.71. The fourth-order valence-corrected chi connectivity index (χ4v) is 2.55. The van der Waals surface area contributed by atoms with E-state index in [9.17, 15) is 8.42 Å². The SMILES string of the molecule is CNCCCS(=O)(=O)NCc1ccccc1C. The lowest BCUT2D eigenvalue weighted by Crippen LogP contribution is -2.27. The van der Waals surface area contributed by atoms with Crippen LogP contribution in [0.25, 0.3) is 0 Å². The highest BCUT2D eigenvalue weighted by molar-refractivity contribution is 7.89. The molecule has 0 aliphatic carbocycles. The van der Waals surface area contributed by atoms with Gasteiger partial charge in [0, 0.05) is 6.54 Å². The van der Waals surface area contributed by atoms with E-state index in [1.165, 1.54) is 0 Å². The molecule has 4 nitrogen and oxygen atoms in total. The van der Waals surface area contributed by atoms with E-state index in [0.29, 0.717) is 19.5 Å². The van der Waals surface area contributed by atoms with Crippen molar-refractivity contribution in [3.63, 3.8) is 0 Å². The standard InChI is InChI=1S/C12H20N2O2S/c1-11-6-3-4-7-12(11)10-14-17(15,16)9-5-8-13-2/h3-4,6-7,13-14H,5,8-10H2,1-2H3. The van der Waals surface area contributed by atoms with Crippen LogP contribution in [0.4, 0.5) is 0 Å². The summed E-state index contributed by atoms with van der Waals surface area (Å²) in [6, 6.07) is 7.77. The summed E-state index contributed by atoms with van der Waals surface area (Å²) in [5.74, 6) is 0.166. The zero-order valence-corrected chi connectivity index (χ0v) is 11.2. The number of sulfonamides is 1. The first kappa shape index (κ1) is 14.2. The fraction of sp³-hybridized carbons (Fsp3) is 0.500. The third-order valence-corrected chi connectivity index (χ3v) is 3.99. The maximum atomic E-state index is 11.7. The van der Waals surface area contributed by atoms with E-state index >= 15 is 0 Å². The molecule has 0 spiro atoms. The van der Waals surface area contributed by atoms with Crippen LogP contribution in [0.2, 0.25) is 0 Å². The van der Waals surface area contributed by atoms with E-state index in [-0.39, 0.29) is 5.75 Å². The summed E-state index contributed by atoms with van der Waals surface area (Å²) in [5.41, 5.74) is 2.12. The number of nitrogens with one attached hydrogen (secondary N) is 2. The zero-order chi connectivity index (χ0) is 12.7. The molecule has 0 atom stereocenters. The Morgan fingerprint density at radius 1 is 1.24 bits per heavy atom.